The largest absolute Gasteiger partial charge is 0.235 e. The van der Waals surface area contributed by atoms with Gasteiger partial charge in [0, 0.05) is 5.39 Å². The van der Waals surface area contributed by atoms with Crippen LogP contribution in [-0.4, -0.2) is 33.3 Å². The van der Waals surface area contributed by atoms with Crippen LogP contribution in [0.3, 0.4) is 0 Å². The summed E-state index contributed by atoms with van der Waals surface area (Å²) >= 11 is 0. The van der Waals surface area contributed by atoms with E-state index in [-0.39, 0.29) is 21.4 Å². The molecule has 0 unspecified atom stereocenters. The summed E-state index contributed by atoms with van der Waals surface area (Å²) in [5.74, 6) is -0.357. The predicted molar refractivity (Wildman–Crippen MR) is 77.2 cm³/mol. The molecule has 0 spiro atoms. The zero-order chi connectivity index (χ0) is 15.0. The first-order valence-corrected chi connectivity index (χ1v) is 9.47. The molecule has 0 radical (unpaired) electrons. The number of hydrogen-bond donors (Lipinski definition) is 0. The lowest BCUT2D eigenvalue weighted by Crippen LogP contribution is -2.15. The Labute approximate surface area is 118 Å². The molecular formula is C13H15NO4S2. The van der Waals surface area contributed by atoms with Gasteiger partial charge in [-0.05, 0) is 12.1 Å². The lowest BCUT2D eigenvalue weighted by Gasteiger charge is -2.10. The minimum Gasteiger partial charge on any atom is -0.235 e. The second kappa shape index (κ2) is 5.14. The van der Waals surface area contributed by atoms with E-state index in [1.54, 1.807) is 24.3 Å². The van der Waals surface area contributed by atoms with Crippen LogP contribution in [0, 0.1) is 0 Å². The van der Waals surface area contributed by atoms with Crippen molar-refractivity contribution < 1.29 is 16.8 Å². The monoisotopic (exact) mass is 313 g/mol. The fourth-order valence-corrected chi connectivity index (χ4v) is 4.38. The van der Waals surface area contributed by atoms with Crippen molar-refractivity contribution in [2.24, 2.45) is 0 Å². The SMILES string of the molecule is CCS(=O)(=O)c1cc2ccccc2nc1S(=O)(=O)CC. The fourth-order valence-electron chi connectivity index (χ4n) is 1.82. The van der Waals surface area contributed by atoms with Crippen molar-refractivity contribution in [3.63, 3.8) is 0 Å². The van der Waals surface area contributed by atoms with Crippen LogP contribution in [0.2, 0.25) is 0 Å². The fraction of sp³-hybridized carbons (Fsp3) is 0.308. The molecule has 0 saturated carbocycles. The zero-order valence-corrected chi connectivity index (χ0v) is 12.8. The van der Waals surface area contributed by atoms with Crippen molar-refractivity contribution in [2.75, 3.05) is 11.5 Å². The summed E-state index contributed by atoms with van der Waals surface area (Å²) in [6.45, 7) is 2.95. The third kappa shape index (κ3) is 2.55. The third-order valence-electron chi connectivity index (χ3n) is 3.05. The molecule has 0 N–H and O–H groups in total. The Hall–Kier alpha value is -1.47. The number of aromatic nitrogens is 1. The molecule has 0 saturated heterocycles. The number of fused-ring (bicyclic) bond motifs is 1. The summed E-state index contributed by atoms with van der Waals surface area (Å²) in [5, 5.41) is 0.259. The summed E-state index contributed by atoms with van der Waals surface area (Å²) < 4.78 is 48.4. The van der Waals surface area contributed by atoms with Crippen molar-refractivity contribution in [3.8, 4) is 0 Å². The summed E-state index contributed by atoms with van der Waals surface area (Å²) in [7, 11) is -7.36. The number of hydrogen-bond acceptors (Lipinski definition) is 5. The van der Waals surface area contributed by atoms with Crippen LogP contribution in [-0.2, 0) is 19.7 Å². The lowest BCUT2D eigenvalue weighted by molar-refractivity contribution is 0.580. The van der Waals surface area contributed by atoms with Crippen LogP contribution in [0.4, 0.5) is 0 Å². The third-order valence-corrected chi connectivity index (χ3v) is 6.58. The van der Waals surface area contributed by atoms with Crippen LogP contribution in [0.15, 0.2) is 40.3 Å². The molecule has 0 atom stereocenters. The molecule has 0 aliphatic carbocycles. The summed E-state index contributed by atoms with van der Waals surface area (Å²) in [4.78, 5) is 3.86. The molecule has 0 fully saturated rings. The van der Waals surface area contributed by atoms with Crippen molar-refractivity contribution in [3.05, 3.63) is 30.3 Å². The molecule has 1 aromatic carbocycles. The highest BCUT2D eigenvalue weighted by atomic mass is 32.2. The highest BCUT2D eigenvalue weighted by molar-refractivity contribution is 7.94. The van der Waals surface area contributed by atoms with Gasteiger partial charge < -0.3 is 0 Å². The van der Waals surface area contributed by atoms with E-state index in [9.17, 15) is 16.8 Å². The minimum absolute atomic E-state index is 0.167. The molecule has 7 heteroatoms. The van der Waals surface area contributed by atoms with Gasteiger partial charge in [-0.1, -0.05) is 32.0 Å². The molecule has 2 aromatic rings. The van der Waals surface area contributed by atoms with Crippen molar-refractivity contribution in [2.45, 2.75) is 23.8 Å². The van der Waals surface area contributed by atoms with Gasteiger partial charge in [-0.2, -0.15) is 0 Å². The van der Waals surface area contributed by atoms with Crippen LogP contribution < -0.4 is 0 Å². The van der Waals surface area contributed by atoms with E-state index in [0.717, 1.165) is 0 Å². The maximum absolute atomic E-state index is 12.1. The molecule has 20 heavy (non-hydrogen) atoms. The Bertz CT molecular complexity index is 783. The highest BCUT2D eigenvalue weighted by Gasteiger charge is 2.26. The first-order chi connectivity index (χ1) is 9.31. The van der Waals surface area contributed by atoms with Gasteiger partial charge in [0.25, 0.3) is 0 Å². The molecule has 5 nitrogen and oxygen atoms in total. The Morgan fingerprint density at radius 1 is 0.950 bits per heavy atom. The van der Waals surface area contributed by atoms with E-state index in [0.29, 0.717) is 10.9 Å². The number of para-hydroxylation sites is 1. The molecule has 1 aromatic heterocycles. The molecule has 0 aliphatic rings. The minimum atomic E-state index is -3.70. The Morgan fingerprint density at radius 3 is 2.15 bits per heavy atom. The van der Waals surface area contributed by atoms with Gasteiger partial charge in [0.1, 0.15) is 4.90 Å². The van der Waals surface area contributed by atoms with E-state index in [4.69, 9.17) is 0 Å². The molecular weight excluding hydrogens is 298 g/mol. The summed E-state index contributed by atoms with van der Waals surface area (Å²) in [6, 6.07) is 8.24. The average molecular weight is 313 g/mol. The number of nitrogens with zero attached hydrogens (tertiary/aromatic N) is 1. The Morgan fingerprint density at radius 2 is 1.55 bits per heavy atom. The number of rotatable bonds is 4. The standard InChI is InChI=1S/C13H15NO4S2/c1-3-19(15,16)12-9-10-7-5-6-8-11(10)14-13(12)20(17,18)4-2/h5-9H,3-4H2,1-2H3. The van der Waals surface area contributed by atoms with E-state index in [2.05, 4.69) is 4.98 Å². The summed E-state index contributed by atoms with van der Waals surface area (Å²) in [6.07, 6.45) is 0. The molecule has 2 rings (SSSR count). The maximum Gasteiger partial charge on any atom is 0.196 e. The van der Waals surface area contributed by atoms with E-state index < -0.39 is 19.7 Å². The topological polar surface area (TPSA) is 81.2 Å². The van der Waals surface area contributed by atoms with Gasteiger partial charge in [-0.25, -0.2) is 21.8 Å². The van der Waals surface area contributed by atoms with Crippen LogP contribution >= 0.6 is 0 Å². The molecule has 1 heterocycles. The van der Waals surface area contributed by atoms with Gasteiger partial charge in [0.2, 0.25) is 0 Å². The lowest BCUT2D eigenvalue weighted by atomic mass is 10.2. The quantitative estimate of drug-likeness (QED) is 0.860. The van der Waals surface area contributed by atoms with E-state index in [1.165, 1.54) is 19.9 Å². The van der Waals surface area contributed by atoms with E-state index >= 15 is 0 Å². The van der Waals surface area contributed by atoms with Gasteiger partial charge in [0.15, 0.2) is 24.7 Å². The maximum atomic E-state index is 12.1. The first-order valence-electron chi connectivity index (χ1n) is 6.17. The Kier molecular flexibility index (Phi) is 3.84. The smallest absolute Gasteiger partial charge is 0.196 e. The number of pyridine rings is 1. The molecule has 0 aliphatic heterocycles. The van der Waals surface area contributed by atoms with Crippen LogP contribution in [0.5, 0.6) is 0 Å². The summed E-state index contributed by atoms with van der Waals surface area (Å²) in [5.41, 5.74) is 0.467. The Balaban J connectivity index is 2.93. The van der Waals surface area contributed by atoms with E-state index in [1.807, 2.05) is 0 Å². The second-order valence-electron chi connectivity index (χ2n) is 4.29. The van der Waals surface area contributed by atoms with Gasteiger partial charge in [-0.15, -0.1) is 0 Å². The number of sulfone groups is 2. The number of benzene rings is 1. The van der Waals surface area contributed by atoms with Crippen LogP contribution in [0.25, 0.3) is 10.9 Å². The van der Waals surface area contributed by atoms with Crippen LogP contribution in [0.1, 0.15) is 13.8 Å². The first kappa shape index (κ1) is 14.9. The molecule has 0 amide bonds. The van der Waals surface area contributed by atoms with Gasteiger partial charge in [-0.3, -0.25) is 0 Å². The molecule has 0 bridgehead atoms. The normalized spacial score (nSPS) is 12.7. The van der Waals surface area contributed by atoms with Gasteiger partial charge in [0.05, 0.1) is 17.0 Å². The zero-order valence-electron chi connectivity index (χ0n) is 11.2. The average Bonchev–Trinajstić information content (AvgIpc) is 2.45. The molecule has 108 valence electrons. The van der Waals surface area contributed by atoms with Crippen molar-refractivity contribution >= 4 is 30.6 Å². The van der Waals surface area contributed by atoms with Crippen molar-refractivity contribution in [1.29, 1.82) is 0 Å². The van der Waals surface area contributed by atoms with Gasteiger partial charge >= 0.3 is 0 Å². The highest BCUT2D eigenvalue weighted by Crippen LogP contribution is 2.25. The predicted octanol–water partition coefficient (Wildman–Crippen LogP) is 1.82. The second-order valence-corrected chi connectivity index (χ2v) is 8.73. The van der Waals surface area contributed by atoms with Crippen molar-refractivity contribution in [1.82, 2.24) is 4.98 Å².